The van der Waals surface area contributed by atoms with E-state index in [-0.39, 0.29) is 41.8 Å². The van der Waals surface area contributed by atoms with Gasteiger partial charge in [-0.05, 0) is 81.4 Å². The molecule has 2 aromatic rings. The highest BCUT2D eigenvalue weighted by molar-refractivity contribution is 6.00. The van der Waals surface area contributed by atoms with Crippen LogP contribution in [0.2, 0.25) is 0 Å². The van der Waals surface area contributed by atoms with Crippen molar-refractivity contribution in [3.8, 4) is 17.6 Å². The quantitative estimate of drug-likeness (QED) is 0.279. The second kappa shape index (κ2) is 13.6. The number of rotatable bonds is 5. The summed E-state index contributed by atoms with van der Waals surface area (Å²) in [6, 6.07) is 9.81. The van der Waals surface area contributed by atoms with Crippen molar-refractivity contribution >= 4 is 41.2 Å². The molecule has 2 heterocycles. The van der Waals surface area contributed by atoms with Crippen molar-refractivity contribution in [2.24, 2.45) is 0 Å². The molecule has 2 aromatic carbocycles. The molecule has 3 aliphatic rings. The predicted octanol–water partition coefficient (Wildman–Crippen LogP) is 6.27. The zero-order valence-corrected chi connectivity index (χ0v) is 26.8. The number of nitrogens with one attached hydrogen (secondary N) is 1. The van der Waals surface area contributed by atoms with E-state index in [1.807, 2.05) is 18.2 Å². The van der Waals surface area contributed by atoms with Crippen molar-refractivity contribution in [1.82, 2.24) is 4.90 Å². The van der Waals surface area contributed by atoms with Gasteiger partial charge in [0.25, 0.3) is 5.91 Å². The number of fused-ring (bicyclic) bond motifs is 1. The number of amides is 3. The Balaban J connectivity index is 1.50. The minimum absolute atomic E-state index is 0.126. The molecule has 5 rings (SSSR count). The van der Waals surface area contributed by atoms with Crippen molar-refractivity contribution in [3.05, 3.63) is 53.1 Å². The van der Waals surface area contributed by atoms with Crippen LogP contribution in [0.4, 0.5) is 25.8 Å². The summed E-state index contributed by atoms with van der Waals surface area (Å²) in [5.41, 5.74) is 2.46. The summed E-state index contributed by atoms with van der Waals surface area (Å²) in [7, 11) is 1.21. The highest BCUT2D eigenvalue weighted by Crippen LogP contribution is 2.44. The van der Waals surface area contributed by atoms with E-state index >= 15 is 0 Å². The lowest BCUT2D eigenvalue weighted by Crippen LogP contribution is -2.48. The number of nitrogens with zero attached hydrogens (tertiary/aromatic N) is 3. The summed E-state index contributed by atoms with van der Waals surface area (Å²) >= 11 is 0. The van der Waals surface area contributed by atoms with Gasteiger partial charge in [-0.1, -0.05) is 18.9 Å². The summed E-state index contributed by atoms with van der Waals surface area (Å²) in [4.78, 5) is 53.5. The molecule has 1 aliphatic carbocycles. The molecular weight excluding hydrogens is 608 g/mol. The molecule has 0 bridgehead atoms. The number of carboxylic acid groups (broad SMARTS) is 1. The lowest BCUT2D eigenvalue weighted by Gasteiger charge is -2.33. The highest BCUT2D eigenvalue weighted by Gasteiger charge is 2.35. The third-order valence-corrected chi connectivity index (χ3v) is 8.29. The Kier molecular flexibility index (Phi) is 9.60. The van der Waals surface area contributed by atoms with Crippen molar-refractivity contribution in [3.63, 3.8) is 0 Å². The number of anilines is 2. The van der Waals surface area contributed by atoms with Gasteiger partial charge in [0.2, 0.25) is 0 Å². The maximum Gasteiger partial charge on any atom is 0.513 e. The molecule has 3 amide bonds. The molecule has 1 fully saturated rings. The molecular formula is C34H38N4O9. The smallest absolute Gasteiger partial charge is 0.476 e. The number of carbonyl (C=O) groups is 4. The maximum absolute atomic E-state index is 13.8. The van der Waals surface area contributed by atoms with E-state index in [9.17, 15) is 29.5 Å². The van der Waals surface area contributed by atoms with Gasteiger partial charge in [-0.2, -0.15) is 5.26 Å². The fraction of sp³-hybridized carbons (Fsp3) is 0.441. The van der Waals surface area contributed by atoms with Crippen LogP contribution in [-0.2, 0) is 14.3 Å². The van der Waals surface area contributed by atoms with Crippen LogP contribution in [0.1, 0.15) is 75.5 Å². The topological polar surface area (TPSA) is 168 Å². The molecule has 0 saturated heterocycles. The Morgan fingerprint density at radius 2 is 1.85 bits per heavy atom. The Hall–Kier alpha value is -5.25. The molecule has 13 heteroatoms. The molecule has 1 saturated carbocycles. The number of hydrogen-bond donors (Lipinski definition) is 2. The largest absolute Gasteiger partial charge is 0.513 e. The fourth-order valence-electron chi connectivity index (χ4n) is 6.03. The van der Waals surface area contributed by atoms with E-state index in [0.29, 0.717) is 24.2 Å². The summed E-state index contributed by atoms with van der Waals surface area (Å²) in [6.45, 7) is 5.77. The first-order valence-electron chi connectivity index (χ1n) is 15.5. The zero-order valence-electron chi connectivity index (χ0n) is 26.8. The van der Waals surface area contributed by atoms with Gasteiger partial charge in [0.05, 0.1) is 36.7 Å². The predicted molar refractivity (Wildman–Crippen MR) is 171 cm³/mol. The van der Waals surface area contributed by atoms with E-state index in [2.05, 4.69) is 5.32 Å². The minimum atomic E-state index is -1.31. The summed E-state index contributed by atoms with van der Waals surface area (Å²) < 4.78 is 21.8. The van der Waals surface area contributed by atoms with Gasteiger partial charge in [0, 0.05) is 24.7 Å². The molecule has 1 unspecified atom stereocenters. The van der Waals surface area contributed by atoms with Gasteiger partial charge >= 0.3 is 18.3 Å². The van der Waals surface area contributed by atoms with E-state index in [1.165, 1.54) is 25.3 Å². The molecule has 0 spiro atoms. The second-order valence-corrected chi connectivity index (χ2v) is 12.7. The SMILES string of the molecule is COC(=O)Oc1cc(NC(=O)C2CN(C(=O)O)c3cc(C#N)ccc3O2)c(C2=CCN(C(=O)OC(C)(C)C)CC2)cc1C1CCCC1. The first kappa shape index (κ1) is 33.1. The summed E-state index contributed by atoms with van der Waals surface area (Å²) in [5, 5.41) is 22.1. The van der Waals surface area contributed by atoms with Gasteiger partial charge in [-0.3, -0.25) is 9.69 Å². The van der Waals surface area contributed by atoms with E-state index in [1.54, 1.807) is 31.7 Å². The molecule has 0 aromatic heterocycles. The Labute approximate surface area is 272 Å². The number of ether oxygens (including phenoxy) is 4. The Morgan fingerprint density at radius 1 is 1.11 bits per heavy atom. The minimum Gasteiger partial charge on any atom is -0.476 e. The molecule has 2 N–H and O–H groups in total. The van der Waals surface area contributed by atoms with Crippen LogP contribution in [0, 0.1) is 11.3 Å². The molecule has 248 valence electrons. The molecule has 0 radical (unpaired) electrons. The van der Waals surface area contributed by atoms with Crippen LogP contribution >= 0.6 is 0 Å². The van der Waals surface area contributed by atoms with E-state index < -0.39 is 36.0 Å². The maximum atomic E-state index is 13.8. The van der Waals surface area contributed by atoms with Crippen molar-refractivity contribution in [2.45, 2.75) is 70.5 Å². The van der Waals surface area contributed by atoms with Crippen molar-refractivity contribution in [1.29, 1.82) is 5.26 Å². The lowest BCUT2D eigenvalue weighted by atomic mass is 9.90. The lowest BCUT2D eigenvalue weighted by molar-refractivity contribution is -0.122. The fourth-order valence-corrected chi connectivity index (χ4v) is 6.03. The van der Waals surface area contributed by atoms with Gasteiger partial charge in [0.15, 0.2) is 6.10 Å². The zero-order chi connectivity index (χ0) is 33.9. The van der Waals surface area contributed by atoms with Crippen LogP contribution in [0.5, 0.6) is 11.5 Å². The second-order valence-electron chi connectivity index (χ2n) is 12.7. The van der Waals surface area contributed by atoms with Crippen LogP contribution in [0.25, 0.3) is 5.57 Å². The molecule has 1 atom stereocenters. The molecule has 47 heavy (non-hydrogen) atoms. The van der Waals surface area contributed by atoms with E-state index in [0.717, 1.165) is 41.7 Å². The normalized spacial score (nSPS) is 17.9. The highest BCUT2D eigenvalue weighted by atomic mass is 16.7. The molecule has 13 nitrogen and oxygen atoms in total. The third kappa shape index (κ3) is 7.60. The van der Waals surface area contributed by atoms with Crippen LogP contribution in [0.15, 0.2) is 36.4 Å². The summed E-state index contributed by atoms with van der Waals surface area (Å²) in [5.74, 6) is -0.111. The Morgan fingerprint density at radius 3 is 2.47 bits per heavy atom. The average molecular weight is 647 g/mol. The first-order valence-corrected chi connectivity index (χ1v) is 15.5. The van der Waals surface area contributed by atoms with E-state index in [4.69, 9.17) is 18.9 Å². The first-order chi connectivity index (χ1) is 22.4. The number of benzene rings is 2. The average Bonchev–Trinajstić information content (AvgIpc) is 3.58. The molecule has 2 aliphatic heterocycles. The number of nitriles is 1. The van der Waals surface area contributed by atoms with Gasteiger partial charge in [-0.15, -0.1) is 0 Å². The van der Waals surface area contributed by atoms with Crippen LogP contribution in [0.3, 0.4) is 0 Å². The number of carbonyl (C=O) groups excluding carboxylic acids is 3. The van der Waals surface area contributed by atoms with Gasteiger partial charge in [0.1, 0.15) is 17.1 Å². The monoisotopic (exact) mass is 646 g/mol. The Bertz CT molecular complexity index is 1650. The van der Waals surface area contributed by atoms with Gasteiger partial charge in [-0.25, -0.2) is 14.4 Å². The van der Waals surface area contributed by atoms with Crippen LogP contribution in [-0.4, -0.2) is 72.7 Å². The standard InChI is InChI=1S/C34H38N4O9/c1-34(2,3)47-32(42)37-13-11-22(12-14-37)23-16-24(21-7-5-6-8-21)28(46-33(43)44-4)17-25(23)36-30(39)29-19-38(31(40)41)26-15-20(18-35)9-10-27(26)45-29/h9-11,15-17,21,29H,5-8,12-14,19H2,1-4H3,(H,36,39)(H,40,41). The van der Waals surface area contributed by atoms with Gasteiger partial charge < -0.3 is 34.3 Å². The third-order valence-electron chi connectivity index (χ3n) is 8.29. The van der Waals surface area contributed by atoms with Crippen LogP contribution < -0.4 is 19.7 Å². The number of methoxy groups -OCH3 is 1. The summed E-state index contributed by atoms with van der Waals surface area (Å²) in [6.07, 6.45) is 2.37. The number of hydrogen-bond acceptors (Lipinski definition) is 9. The van der Waals surface area contributed by atoms with Crippen molar-refractivity contribution < 1.29 is 43.2 Å². The van der Waals surface area contributed by atoms with Crippen molar-refractivity contribution in [2.75, 3.05) is 37.0 Å².